The minimum absolute atomic E-state index is 0.0615. The number of ether oxygens (including phenoxy) is 3. The first-order valence-corrected chi connectivity index (χ1v) is 10.3. The van der Waals surface area contributed by atoms with Crippen molar-refractivity contribution >= 4 is 22.4 Å². The van der Waals surface area contributed by atoms with Gasteiger partial charge in [0, 0.05) is 40.3 Å². The quantitative estimate of drug-likeness (QED) is 0.488. The van der Waals surface area contributed by atoms with Gasteiger partial charge in [0.1, 0.15) is 22.8 Å². The first-order valence-electron chi connectivity index (χ1n) is 10.3. The number of furan rings is 1. The number of benzene rings is 2. The Labute approximate surface area is 182 Å². The van der Waals surface area contributed by atoms with Gasteiger partial charge in [-0.3, -0.25) is 4.79 Å². The van der Waals surface area contributed by atoms with Crippen LogP contribution in [0.2, 0.25) is 0 Å². The SMILES string of the molecule is CCOc1cc2occ(-c3cc(OC)ccc3OC)c2cc1/C(C)=C/C(=O)NC(C)C. The topological polar surface area (TPSA) is 69.9 Å². The van der Waals surface area contributed by atoms with Crippen LogP contribution in [0, 0.1) is 0 Å². The van der Waals surface area contributed by atoms with E-state index in [1.165, 1.54) is 0 Å². The van der Waals surface area contributed by atoms with E-state index < -0.39 is 0 Å². The summed E-state index contributed by atoms with van der Waals surface area (Å²) in [5.74, 6) is 1.96. The number of allylic oxidation sites excluding steroid dienone is 1. The molecule has 0 atom stereocenters. The van der Waals surface area contributed by atoms with Gasteiger partial charge in [0.2, 0.25) is 5.91 Å². The Morgan fingerprint density at radius 1 is 1.10 bits per heavy atom. The molecule has 1 N–H and O–H groups in total. The van der Waals surface area contributed by atoms with Crippen LogP contribution in [0.1, 0.15) is 33.3 Å². The molecule has 1 amide bonds. The van der Waals surface area contributed by atoms with Gasteiger partial charge in [-0.1, -0.05) is 0 Å². The second-order valence-electron chi connectivity index (χ2n) is 7.48. The van der Waals surface area contributed by atoms with Crippen molar-refractivity contribution in [3.05, 3.63) is 48.2 Å². The number of carbonyl (C=O) groups is 1. The molecule has 0 unspecified atom stereocenters. The van der Waals surface area contributed by atoms with Crippen LogP contribution >= 0.6 is 0 Å². The predicted molar refractivity (Wildman–Crippen MR) is 123 cm³/mol. The molecule has 1 aromatic heterocycles. The number of amides is 1. The summed E-state index contributed by atoms with van der Waals surface area (Å²) in [6.07, 6.45) is 3.29. The molecule has 6 nitrogen and oxygen atoms in total. The Balaban J connectivity index is 2.18. The average Bonchev–Trinajstić information content (AvgIpc) is 3.14. The first kappa shape index (κ1) is 22.3. The molecule has 0 saturated heterocycles. The van der Waals surface area contributed by atoms with Crippen LogP contribution in [-0.4, -0.2) is 32.8 Å². The Bertz CT molecular complexity index is 1110. The first-order chi connectivity index (χ1) is 14.9. The van der Waals surface area contributed by atoms with E-state index >= 15 is 0 Å². The highest BCUT2D eigenvalue weighted by atomic mass is 16.5. The van der Waals surface area contributed by atoms with Crippen molar-refractivity contribution in [2.24, 2.45) is 0 Å². The van der Waals surface area contributed by atoms with Crippen LogP contribution in [0.5, 0.6) is 17.2 Å². The lowest BCUT2D eigenvalue weighted by molar-refractivity contribution is -0.116. The molecular weight excluding hydrogens is 394 g/mol. The van der Waals surface area contributed by atoms with E-state index in [0.29, 0.717) is 23.7 Å². The molecule has 0 bridgehead atoms. The van der Waals surface area contributed by atoms with Gasteiger partial charge in [-0.05, 0) is 57.5 Å². The van der Waals surface area contributed by atoms with E-state index in [2.05, 4.69) is 5.32 Å². The summed E-state index contributed by atoms with van der Waals surface area (Å²) in [6.45, 7) is 8.18. The van der Waals surface area contributed by atoms with Crippen LogP contribution in [-0.2, 0) is 4.79 Å². The minimum atomic E-state index is -0.142. The summed E-state index contributed by atoms with van der Waals surface area (Å²) in [6, 6.07) is 9.55. The summed E-state index contributed by atoms with van der Waals surface area (Å²) in [7, 11) is 3.26. The largest absolute Gasteiger partial charge is 0.497 e. The fourth-order valence-corrected chi connectivity index (χ4v) is 3.47. The molecule has 31 heavy (non-hydrogen) atoms. The molecule has 0 spiro atoms. The number of carbonyl (C=O) groups excluding carboxylic acids is 1. The highest BCUT2D eigenvalue weighted by Gasteiger charge is 2.18. The fourth-order valence-electron chi connectivity index (χ4n) is 3.47. The average molecular weight is 424 g/mol. The highest BCUT2D eigenvalue weighted by Crippen LogP contribution is 2.41. The van der Waals surface area contributed by atoms with Gasteiger partial charge in [-0.2, -0.15) is 0 Å². The van der Waals surface area contributed by atoms with Gasteiger partial charge in [0.05, 0.1) is 27.1 Å². The number of methoxy groups -OCH3 is 2. The molecule has 6 heteroatoms. The number of nitrogens with one attached hydrogen (secondary N) is 1. The van der Waals surface area contributed by atoms with E-state index in [-0.39, 0.29) is 11.9 Å². The number of hydrogen-bond acceptors (Lipinski definition) is 5. The third-order valence-corrected chi connectivity index (χ3v) is 4.88. The standard InChI is InChI=1S/C25H29NO5/c1-7-30-23-13-24-20(12-18(23)16(4)10-25(27)26-15(2)3)21(14-31-24)19-11-17(28-5)8-9-22(19)29-6/h8-15H,7H2,1-6H3,(H,26,27)/b16-10+. The lowest BCUT2D eigenvalue weighted by Gasteiger charge is -2.13. The van der Waals surface area contributed by atoms with Crippen LogP contribution in [0.3, 0.4) is 0 Å². The second-order valence-corrected chi connectivity index (χ2v) is 7.48. The predicted octanol–water partition coefficient (Wildman–Crippen LogP) is 5.44. The third kappa shape index (κ3) is 4.85. The molecule has 0 aliphatic carbocycles. The summed E-state index contributed by atoms with van der Waals surface area (Å²) >= 11 is 0. The summed E-state index contributed by atoms with van der Waals surface area (Å²) < 4.78 is 22.7. The Morgan fingerprint density at radius 2 is 1.87 bits per heavy atom. The van der Waals surface area contributed by atoms with E-state index in [9.17, 15) is 4.79 Å². The molecule has 3 aromatic rings. The van der Waals surface area contributed by atoms with Crippen molar-refractivity contribution in [3.63, 3.8) is 0 Å². The van der Waals surface area contributed by atoms with Gasteiger partial charge in [0.25, 0.3) is 0 Å². The molecule has 164 valence electrons. The molecule has 0 aliphatic rings. The van der Waals surface area contributed by atoms with Gasteiger partial charge in [-0.25, -0.2) is 0 Å². The lowest BCUT2D eigenvalue weighted by atomic mass is 9.98. The Hall–Kier alpha value is -3.41. The van der Waals surface area contributed by atoms with Crippen LogP contribution in [0.15, 0.2) is 47.1 Å². The van der Waals surface area contributed by atoms with E-state index in [0.717, 1.165) is 33.4 Å². The third-order valence-electron chi connectivity index (χ3n) is 4.88. The highest BCUT2D eigenvalue weighted by molar-refractivity contribution is 6.01. The van der Waals surface area contributed by atoms with Crippen molar-refractivity contribution in [1.29, 1.82) is 0 Å². The molecule has 2 aromatic carbocycles. The molecule has 0 fully saturated rings. The summed E-state index contributed by atoms with van der Waals surface area (Å²) in [4.78, 5) is 12.3. The summed E-state index contributed by atoms with van der Waals surface area (Å²) in [5, 5.41) is 3.78. The van der Waals surface area contributed by atoms with Crippen molar-refractivity contribution in [1.82, 2.24) is 5.32 Å². The van der Waals surface area contributed by atoms with Crippen molar-refractivity contribution in [2.45, 2.75) is 33.7 Å². The molecule has 0 saturated carbocycles. The van der Waals surface area contributed by atoms with Crippen molar-refractivity contribution < 1.29 is 23.4 Å². The molecular formula is C25H29NO5. The normalized spacial score (nSPS) is 11.6. The maximum atomic E-state index is 12.3. The van der Waals surface area contributed by atoms with Gasteiger partial charge in [-0.15, -0.1) is 0 Å². The monoisotopic (exact) mass is 423 g/mol. The van der Waals surface area contributed by atoms with Gasteiger partial charge in [0.15, 0.2) is 0 Å². The number of rotatable bonds is 8. The smallest absolute Gasteiger partial charge is 0.244 e. The second kappa shape index (κ2) is 9.60. The van der Waals surface area contributed by atoms with E-state index in [4.69, 9.17) is 18.6 Å². The summed E-state index contributed by atoms with van der Waals surface area (Å²) in [5.41, 5.74) is 4.04. The zero-order chi connectivity index (χ0) is 22.5. The van der Waals surface area contributed by atoms with Crippen LogP contribution in [0.25, 0.3) is 27.7 Å². The zero-order valence-corrected chi connectivity index (χ0v) is 18.9. The van der Waals surface area contributed by atoms with E-state index in [1.54, 1.807) is 26.6 Å². The molecule has 3 rings (SSSR count). The van der Waals surface area contributed by atoms with Gasteiger partial charge >= 0.3 is 0 Å². The van der Waals surface area contributed by atoms with Crippen LogP contribution < -0.4 is 19.5 Å². The molecule has 0 radical (unpaired) electrons. The Kier molecular flexibility index (Phi) is 6.90. The maximum absolute atomic E-state index is 12.3. The Morgan fingerprint density at radius 3 is 2.52 bits per heavy atom. The van der Waals surface area contributed by atoms with Crippen LogP contribution in [0.4, 0.5) is 0 Å². The van der Waals surface area contributed by atoms with Gasteiger partial charge < -0.3 is 23.9 Å². The molecule has 1 heterocycles. The van der Waals surface area contributed by atoms with Crippen molar-refractivity contribution in [3.8, 4) is 28.4 Å². The van der Waals surface area contributed by atoms with Crippen molar-refractivity contribution in [2.75, 3.05) is 20.8 Å². The minimum Gasteiger partial charge on any atom is -0.497 e. The lowest BCUT2D eigenvalue weighted by Crippen LogP contribution is -2.28. The molecule has 0 aliphatic heterocycles. The number of hydrogen-bond donors (Lipinski definition) is 1. The maximum Gasteiger partial charge on any atom is 0.244 e. The van der Waals surface area contributed by atoms with E-state index in [1.807, 2.05) is 58.0 Å². The zero-order valence-electron chi connectivity index (χ0n) is 18.9. The number of fused-ring (bicyclic) bond motifs is 1. The fraction of sp³-hybridized carbons (Fsp3) is 0.320.